The van der Waals surface area contributed by atoms with Gasteiger partial charge in [0.1, 0.15) is 0 Å². The number of aryl methyl sites for hydroxylation is 1. The second kappa shape index (κ2) is 6.24. The van der Waals surface area contributed by atoms with Crippen LogP contribution in [0.3, 0.4) is 0 Å². The summed E-state index contributed by atoms with van der Waals surface area (Å²) in [4.78, 5) is 11.7. The zero-order valence-corrected chi connectivity index (χ0v) is 12.0. The zero-order chi connectivity index (χ0) is 13.8. The second-order valence-electron chi connectivity index (χ2n) is 3.87. The van der Waals surface area contributed by atoms with Gasteiger partial charge in [-0.3, -0.25) is 0 Å². The van der Waals surface area contributed by atoms with Crippen LogP contribution in [-0.4, -0.2) is 36.8 Å². The van der Waals surface area contributed by atoms with Gasteiger partial charge in [0.25, 0.3) is 0 Å². The Kier molecular flexibility index (Phi) is 5.22. The Morgan fingerprint density at radius 1 is 1.39 bits per heavy atom. The van der Waals surface area contributed by atoms with Crippen LogP contribution >= 0.6 is 11.8 Å². The summed E-state index contributed by atoms with van der Waals surface area (Å²) >= 11 is 1.36. The van der Waals surface area contributed by atoms with Crippen LogP contribution in [0.25, 0.3) is 0 Å². The van der Waals surface area contributed by atoms with Crippen LogP contribution in [0.4, 0.5) is 0 Å². The Bertz CT molecular complexity index is 535. The number of hydrogen-bond donors (Lipinski definition) is 1. The molecule has 0 aromatic heterocycles. The highest BCUT2D eigenvalue weighted by molar-refractivity contribution is 8.00. The Morgan fingerprint density at radius 3 is 2.61 bits per heavy atom. The van der Waals surface area contributed by atoms with Crippen LogP contribution in [0.2, 0.25) is 0 Å². The van der Waals surface area contributed by atoms with Crippen molar-refractivity contribution in [3.05, 3.63) is 29.3 Å². The third kappa shape index (κ3) is 4.34. The minimum absolute atomic E-state index is 0.116. The molecule has 0 aliphatic rings. The van der Waals surface area contributed by atoms with Crippen LogP contribution in [0, 0.1) is 6.92 Å². The summed E-state index contributed by atoms with van der Waals surface area (Å²) in [5.74, 6) is -0.263. The number of aromatic carboxylic acids is 1. The number of carbonyl (C=O) groups is 1. The number of rotatable bonds is 6. The molecule has 1 aromatic rings. The molecule has 0 saturated heterocycles. The lowest BCUT2D eigenvalue weighted by atomic mass is 10.1. The van der Waals surface area contributed by atoms with Crippen molar-refractivity contribution in [2.75, 3.05) is 17.3 Å². The lowest BCUT2D eigenvalue weighted by molar-refractivity contribution is 0.0696. The van der Waals surface area contributed by atoms with E-state index in [9.17, 15) is 13.2 Å². The summed E-state index contributed by atoms with van der Waals surface area (Å²) in [5.41, 5.74) is 0.964. The predicted octanol–water partition coefficient (Wildman–Crippen LogP) is 2.22. The molecule has 100 valence electrons. The average Bonchev–Trinajstić information content (AvgIpc) is 2.31. The summed E-state index contributed by atoms with van der Waals surface area (Å²) in [6.45, 7) is 3.36. The lowest BCUT2D eigenvalue weighted by Crippen LogP contribution is -2.10. The molecule has 1 N–H and O–H groups in total. The average molecular weight is 288 g/mol. The Hall–Kier alpha value is -1.01. The van der Waals surface area contributed by atoms with Crippen molar-refractivity contribution in [1.29, 1.82) is 0 Å². The van der Waals surface area contributed by atoms with Gasteiger partial charge >= 0.3 is 5.97 Å². The van der Waals surface area contributed by atoms with Gasteiger partial charge in [0.2, 0.25) is 0 Å². The summed E-state index contributed by atoms with van der Waals surface area (Å²) in [7, 11) is -2.96. The molecule has 6 heteroatoms. The fraction of sp³-hybridized carbons (Fsp3) is 0.417. The maximum absolute atomic E-state index is 11.3. The van der Waals surface area contributed by atoms with E-state index in [1.807, 2.05) is 6.07 Å². The highest BCUT2D eigenvalue weighted by Gasteiger charge is 2.10. The molecule has 0 unspecified atom stereocenters. The third-order valence-electron chi connectivity index (χ3n) is 2.54. The molecule has 0 saturated carbocycles. The van der Waals surface area contributed by atoms with E-state index in [1.165, 1.54) is 11.8 Å². The van der Waals surface area contributed by atoms with E-state index in [2.05, 4.69) is 0 Å². The zero-order valence-electron chi connectivity index (χ0n) is 10.3. The predicted molar refractivity (Wildman–Crippen MR) is 73.2 cm³/mol. The third-order valence-corrected chi connectivity index (χ3v) is 5.50. The van der Waals surface area contributed by atoms with Crippen molar-refractivity contribution < 1.29 is 18.3 Å². The molecule has 0 radical (unpaired) electrons. The van der Waals surface area contributed by atoms with Crippen molar-refractivity contribution in [1.82, 2.24) is 0 Å². The largest absolute Gasteiger partial charge is 0.478 e. The van der Waals surface area contributed by atoms with E-state index in [4.69, 9.17) is 5.11 Å². The number of hydrogen-bond acceptors (Lipinski definition) is 4. The van der Waals surface area contributed by atoms with E-state index in [0.717, 1.165) is 4.90 Å². The van der Waals surface area contributed by atoms with E-state index < -0.39 is 15.8 Å². The lowest BCUT2D eigenvalue weighted by Gasteiger charge is -2.05. The van der Waals surface area contributed by atoms with Gasteiger partial charge in [-0.15, -0.1) is 11.8 Å². The van der Waals surface area contributed by atoms with E-state index >= 15 is 0 Å². The van der Waals surface area contributed by atoms with Crippen molar-refractivity contribution in [3.8, 4) is 0 Å². The molecule has 0 fully saturated rings. The van der Waals surface area contributed by atoms with Gasteiger partial charge in [0.05, 0.1) is 11.3 Å². The van der Waals surface area contributed by atoms with Gasteiger partial charge in [0, 0.05) is 16.4 Å². The number of benzene rings is 1. The van der Waals surface area contributed by atoms with Crippen molar-refractivity contribution in [2.45, 2.75) is 18.7 Å². The molecule has 0 spiro atoms. The highest BCUT2D eigenvalue weighted by Crippen LogP contribution is 2.21. The van der Waals surface area contributed by atoms with Gasteiger partial charge in [-0.25, -0.2) is 13.2 Å². The number of sulfone groups is 1. The normalized spacial score (nSPS) is 11.4. The maximum Gasteiger partial charge on any atom is 0.335 e. The molecule has 0 amide bonds. The Labute approximate surface area is 111 Å². The summed E-state index contributed by atoms with van der Waals surface area (Å²) in [6, 6.07) is 5.13. The second-order valence-corrected chi connectivity index (χ2v) is 7.51. The van der Waals surface area contributed by atoms with Crippen LogP contribution in [0.5, 0.6) is 0 Å². The molecular formula is C12H16O4S2. The monoisotopic (exact) mass is 288 g/mol. The highest BCUT2D eigenvalue weighted by atomic mass is 32.2. The Morgan fingerprint density at radius 2 is 2.06 bits per heavy atom. The molecule has 1 aromatic carbocycles. The minimum Gasteiger partial charge on any atom is -0.478 e. The molecule has 0 heterocycles. The quantitative estimate of drug-likeness (QED) is 0.813. The number of carboxylic acids is 1. The van der Waals surface area contributed by atoms with Gasteiger partial charge < -0.3 is 5.11 Å². The molecule has 0 aliphatic carbocycles. The fourth-order valence-corrected chi connectivity index (χ4v) is 3.59. The van der Waals surface area contributed by atoms with Crippen LogP contribution < -0.4 is 0 Å². The summed E-state index contributed by atoms with van der Waals surface area (Å²) in [5, 5.41) is 8.98. The number of thioether (sulfide) groups is 1. The van der Waals surface area contributed by atoms with Gasteiger partial charge in [0.15, 0.2) is 9.84 Å². The van der Waals surface area contributed by atoms with Crippen LogP contribution in [-0.2, 0) is 9.84 Å². The standard InChI is InChI=1S/C12H16O4S2/c1-3-18(15,16)7-6-17-10-5-4-9(2)11(8-10)12(13)14/h4-5,8H,3,6-7H2,1-2H3,(H,13,14). The summed E-state index contributed by atoms with van der Waals surface area (Å²) < 4.78 is 22.6. The van der Waals surface area contributed by atoms with Crippen molar-refractivity contribution in [3.63, 3.8) is 0 Å². The first kappa shape index (κ1) is 15.0. The maximum atomic E-state index is 11.3. The SMILES string of the molecule is CCS(=O)(=O)CCSc1ccc(C)c(C(=O)O)c1. The molecule has 18 heavy (non-hydrogen) atoms. The van der Waals surface area contributed by atoms with E-state index in [1.54, 1.807) is 26.0 Å². The summed E-state index contributed by atoms with van der Waals surface area (Å²) in [6.07, 6.45) is 0. The minimum atomic E-state index is -2.96. The first-order chi connectivity index (χ1) is 8.35. The van der Waals surface area contributed by atoms with E-state index in [0.29, 0.717) is 11.3 Å². The first-order valence-electron chi connectivity index (χ1n) is 5.53. The molecule has 0 bridgehead atoms. The van der Waals surface area contributed by atoms with Crippen LogP contribution in [0.1, 0.15) is 22.8 Å². The molecule has 1 rings (SSSR count). The van der Waals surface area contributed by atoms with E-state index in [-0.39, 0.29) is 17.1 Å². The first-order valence-corrected chi connectivity index (χ1v) is 8.33. The molecule has 4 nitrogen and oxygen atoms in total. The van der Waals surface area contributed by atoms with Crippen molar-refractivity contribution >= 4 is 27.6 Å². The topological polar surface area (TPSA) is 71.4 Å². The fourth-order valence-electron chi connectivity index (χ4n) is 1.35. The van der Waals surface area contributed by atoms with Gasteiger partial charge in [-0.05, 0) is 24.6 Å². The van der Waals surface area contributed by atoms with Crippen molar-refractivity contribution in [2.24, 2.45) is 0 Å². The van der Waals surface area contributed by atoms with Gasteiger partial charge in [-0.1, -0.05) is 13.0 Å². The molecule has 0 aliphatic heterocycles. The molecular weight excluding hydrogens is 272 g/mol. The Balaban J connectivity index is 2.69. The van der Waals surface area contributed by atoms with Crippen LogP contribution in [0.15, 0.2) is 23.1 Å². The van der Waals surface area contributed by atoms with Gasteiger partial charge in [-0.2, -0.15) is 0 Å². The smallest absolute Gasteiger partial charge is 0.335 e. The molecule has 0 atom stereocenters. The number of carboxylic acid groups (broad SMARTS) is 1.